The van der Waals surface area contributed by atoms with Gasteiger partial charge >= 0.3 is 12.1 Å². The van der Waals surface area contributed by atoms with Crippen molar-refractivity contribution in [3.63, 3.8) is 0 Å². The Balaban J connectivity index is 3.89. The Morgan fingerprint density at radius 3 is 2.36 bits per heavy atom. The molecule has 0 aliphatic rings. The first-order chi connectivity index (χ1) is 6.20. The van der Waals surface area contributed by atoms with E-state index in [4.69, 9.17) is 15.6 Å². The van der Waals surface area contributed by atoms with Gasteiger partial charge in [0.25, 0.3) is 0 Å². The van der Waals surface area contributed by atoms with Crippen molar-refractivity contribution in [2.45, 2.75) is 39.0 Å². The Morgan fingerprint density at radius 1 is 1.50 bits per heavy atom. The van der Waals surface area contributed by atoms with E-state index in [1.165, 1.54) is 0 Å². The van der Waals surface area contributed by atoms with Gasteiger partial charge < -0.3 is 20.9 Å². The largest absolute Gasteiger partial charge is 0.481 e. The molecule has 0 rings (SSSR count). The molecule has 82 valence electrons. The van der Waals surface area contributed by atoms with Crippen LogP contribution in [-0.2, 0) is 9.53 Å². The topological polar surface area (TPSA) is 102 Å². The summed E-state index contributed by atoms with van der Waals surface area (Å²) in [6.45, 7) is 5.11. The third kappa shape index (κ3) is 7.35. The number of ether oxygens (including phenoxy) is 1. The second kappa shape index (κ2) is 4.80. The number of carboxylic acids is 1. The molecule has 1 atom stereocenters. The lowest BCUT2D eigenvalue weighted by atomic mass is 10.2. The summed E-state index contributed by atoms with van der Waals surface area (Å²) in [5, 5.41) is 10.6. The van der Waals surface area contributed by atoms with Gasteiger partial charge in [0.1, 0.15) is 5.60 Å². The molecule has 4 N–H and O–H groups in total. The molecule has 14 heavy (non-hydrogen) atoms. The monoisotopic (exact) mass is 204 g/mol. The van der Waals surface area contributed by atoms with Gasteiger partial charge in [0.05, 0.1) is 12.6 Å². The van der Waals surface area contributed by atoms with Crippen LogP contribution in [0, 0.1) is 0 Å². The van der Waals surface area contributed by atoms with Crippen LogP contribution in [0.2, 0.25) is 0 Å². The highest BCUT2D eigenvalue weighted by Gasteiger charge is 2.18. The number of hydrogen-bond donors (Lipinski definition) is 3. The van der Waals surface area contributed by atoms with Crippen LogP contribution in [0.15, 0.2) is 0 Å². The lowest BCUT2D eigenvalue weighted by Gasteiger charge is -2.21. The van der Waals surface area contributed by atoms with Crippen molar-refractivity contribution in [1.29, 1.82) is 0 Å². The smallest absolute Gasteiger partial charge is 0.408 e. The number of hydrogen-bond acceptors (Lipinski definition) is 4. The molecule has 0 saturated carbocycles. The van der Waals surface area contributed by atoms with Gasteiger partial charge in [0.15, 0.2) is 0 Å². The fourth-order valence-electron chi connectivity index (χ4n) is 0.698. The molecule has 0 heterocycles. The zero-order valence-electron chi connectivity index (χ0n) is 8.53. The molecule has 6 heteroatoms. The van der Waals surface area contributed by atoms with Crippen LogP contribution < -0.4 is 11.1 Å². The number of nitrogens with one attached hydrogen (secondary N) is 1. The lowest BCUT2D eigenvalue weighted by Crippen LogP contribution is -2.45. The summed E-state index contributed by atoms with van der Waals surface area (Å²) in [4.78, 5) is 21.2. The second-order valence-corrected chi connectivity index (χ2v) is 3.85. The molecule has 0 fully saturated rings. The maximum atomic E-state index is 11.0. The molecule has 0 aliphatic carbocycles. The Morgan fingerprint density at radius 2 is 2.00 bits per heavy atom. The van der Waals surface area contributed by atoms with Crippen LogP contribution in [0.3, 0.4) is 0 Å². The third-order valence-corrected chi connectivity index (χ3v) is 1.10. The first-order valence-corrected chi connectivity index (χ1v) is 4.17. The van der Waals surface area contributed by atoms with Crippen molar-refractivity contribution in [3.8, 4) is 0 Å². The van der Waals surface area contributed by atoms with Crippen LogP contribution in [0.1, 0.15) is 27.2 Å². The van der Waals surface area contributed by atoms with Gasteiger partial charge in [0.2, 0.25) is 0 Å². The van der Waals surface area contributed by atoms with E-state index in [1.54, 1.807) is 20.8 Å². The number of nitrogens with two attached hydrogens (primary N) is 1. The maximum Gasteiger partial charge on any atom is 0.408 e. The highest BCUT2D eigenvalue weighted by atomic mass is 16.6. The summed E-state index contributed by atoms with van der Waals surface area (Å²) >= 11 is 0. The maximum absolute atomic E-state index is 11.0. The molecule has 0 aromatic rings. The van der Waals surface area contributed by atoms with Crippen molar-refractivity contribution in [2.24, 2.45) is 5.73 Å². The van der Waals surface area contributed by atoms with Gasteiger partial charge in [-0.05, 0) is 20.8 Å². The summed E-state index contributed by atoms with van der Waals surface area (Å²) in [6, 6.07) is 0. The van der Waals surface area contributed by atoms with Gasteiger partial charge in [0, 0.05) is 0 Å². The lowest BCUT2D eigenvalue weighted by molar-refractivity contribution is -0.137. The Hall–Kier alpha value is -1.30. The number of alkyl carbamates (subject to hydrolysis) is 1. The highest BCUT2D eigenvalue weighted by molar-refractivity contribution is 5.71. The minimum absolute atomic E-state index is 0.334. The third-order valence-electron chi connectivity index (χ3n) is 1.10. The zero-order chi connectivity index (χ0) is 11.4. The average Bonchev–Trinajstić information content (AvgIpc) is 1.77. The summed E-state index contributed by atoms with van der Waals surface area (Å²) in [7, 11) is 0. The van der Waals surface area contributed by atoms with Crippen molar-refractivity contribution in [1.82, 2.24) is 5.32 Å². The number of aliphatic carboxylic acids is 1. The normalized spacial score (nSPS) is 13.1. The van der Waals surface area contributed by atoms with Gasteiger partial charge in [-0.3, -0.25) is 4.79 Å². The van der Waals surface area contributed by atoms with E-state index in [0.717, 1.165) is 0 Å². The standard InChI is InChI=1S/C8H16N2O4/c1-8(2,3)14-7(13)10-5(9)4-6(11)12/h5H,4,9H2,1-3H3,(H,10,13)(H,11,12). The Kier molecular flexibility index (Phi) is 4.36. The molecule has 0 aromatic carbocycles. The van der Waals surface area contributed by atoms with Gasteiger partial charge in [-0.25, -0.2) is 4.79 Å². The van der Waals surface area contributed by atoms with E-state index in [-0.39, 0.29) is 6.42 Å². The molecule has 0 bridgehead atoms. The number of carbonyl (C=O) groups is 2. The van der Waals surface area contributed by atoms with Crippen LogP contribution >= 0.6 is 0 Å². The van der Waals surface area contributed by atoms with Gasteiger partial charge in [-0.2, -0.15) is 0 Å². The van der Waals surface area contributed by atoms with E-state index in [9.17, 15) is 9.59 Å². The van der Waals surface area contributed by atoms with Crippen molar-refractivity contribution in [3.05, 3.63) is 0 Å². The molecule has 0 radical (unpaired) electrons. The van der Waals surface area contributed by atoms with E-state index >= 15 is 0 Å². The Bertz CT molecular complexity index is 222. The predicted molar refractivity (Wildman–Crippen MR) is 49.6 cm³/mol. The number of rotatable bonds is 3. The van der Waals surface area contributed by atoms with Crippen molar-refractivity contribution >= 4 is 12.1 Å². The SMILES string of the molecule is CC(C)(C)OC(=O)NC(N)CC(=O)O. The molecule has 0 aliphatic heterocycles. The van der Waals surface area contributed by atoms with E-state index in [2.05, 4.69) is 5.32 Å². The summed E-state index contributed by atoms with van der Waals surface area (Å²) in [6.07, 6.45) is -1.98. The molecular weight excluding hydrogens is 188 g/mol. The predicted octanol–water partition coefficient (Wildman–Crippen LogP) is 0.271. The summed E-state index contributed by atoms with van der Waals surface area (Å²) < 4.78 is 4.87. The summed E-state index contributed by atoms with van der Waals surface area (Å²) in [5.41, 5.74) is 4.68. The van der Waals surface area contributed by atoms with E-state index in [1.807, 2.05) is 0 Å². The fraction of sp³-hybridized carbons (Fsp3) is 0.750. The molecule has 0 aromatic heterocycles. The molecule has 6 nitrogen and oxygen atoms in total. The zero-order valence-corrected chi connectivity index (χ0v) is 8.53. The van der Waals surface area contributed by atoms with Gasteiger partial charge in [-0.15, -0.1) is 0 Å². The Labute approximate surface area is 82.4 Å². The average molecular weight is 204 g/mol. The van der Waals surface area contributed by atoms with Crippen LogP contribution in [0.5, 0.6) is 0 Å². The van der Waals surface area contributed by atoms with E-state index in [0.29, 0.717) is 0 Å². The minimum atomic E-state index is -1.08. The molecule has 1 unspecified atom stereocenters. The van der Waals surface area contributed by atoms with Crippen LogP contribution in [0.25, 0.3) is 0 Å². The fourth-order valence-corrected chi connectivity index (χ4v) is 0.698. The van der Waals surface area contributed by atoms with Crippen LogP contribution in [-0.4, -0.2) is 28.9 Å². The first kappa shape index (κ1) is 12.7. The molecule has 1 amide bonds. The quantitative estimate of drug-likeness (QED) is 0.573. The van der Waals surface area contributed by atoms with Crippen LogP contribution in [0.4, 0.5) is 4.79 Å². The molecular formula is C8H16N2O4. The van der Waals surface area contributed by atoms with Crippen molar-refractivity contribution < 1.29 is 19.4 Å². The van der Waals surface area contributed by atoms with E-state index < -0.39 is 23.8 Å². The summed E-state index contributed by atoms with van der Waals surface area (Å²) in [5.74, 6) is -1.08. The number of amides is 1. The minimum Gasteiger partial charge on any atom is -0.481 e. The second-order valence-electron chi connectivity index (χ2n) is 3.85. The molecule has 0 saturated heterocycles. The molecule has 0 spiro atoms. The highest BCUT2D eigenvalue weighted by Crippen LogP contribution is 2.06. The van der Waals surface area contributed by atoms with Crippen molar-refractivity contribution in [2.75, 3.05) is 0 Å². The van der Waals surface area contributed by atoms with Gasteiger partial charge in [-0.1, -0.05) is 0 Å². The first-order valence-electron chi connectivity index (χ1n) is 4.17. The number of carboxylic acid groups (broad SMARTS) is 1. The number of carbonyl (C=O) groups excluding carboxylic acids is 1.